The third-order valence-corrected chi connectivity index (χ3v) is 26.7. The van der Waals surface area contributed by atoms with E-state index in [1.807, 2.05) is 172 Å². The Morgan fingerprint density at radius 3 is 0.856 bits per heavy atom. The van der Waals surface area contributed by atoms with Crippen molar-refractivity contribution in [3.63, 3.8) is 0 Å². The number of rotatable bonds is 16. The molecule has 5 unspecified atom stereocenters. The molecule has 0 fully saturated rings. The van der Waals surface area contributed by atoms with Gasteiger partial charge in [0.15, 0.2) is 0 Å². The van der Waals surface area contributed by atoms with Crippen molar-refractivity contribution in [3.8, 4) is 40.2 Å². The number of anilines is 5. The van der Waals surface area contributed by atoms with Gasteiger partial charge in [-0.25, -0.2) is 4.39 Å². The van der Waals surface area contributed by atoms with E-state index in [9.17, 15) is 28.4 Å². The van der Waals surface area contributed by atoms with E-state index in [4.69, 9.17) is 18.9 Å². The van der Waals surface area contributed by atoms with Gasteiger partial charge in [-0.15, -0.1) is 0 Å². The minimum Gasteiger partial charge on any atom is -0.489 e. The van der Waals surface area contributed by atoms with E-state index >= 15 is 0 Å². The fraction of sp³-hybridized carbons (Fsp3) is 0.234. The van der Waals surface area contributed by atoms with Crippen molar-refractivity contribution in [3.05, 3.63) is 460 Å². The van der Waals surface area contributed by atoms with Gasteiger partial charge in [-0.05, 0) is 344 Å². The first-order valence-electron chi connectivity index (χ1n) is 48.1. The number of hydrogen-bond donors (Lipinski definition) is 5. The number of carbonyl (C=O) groups excluding carboxylic acids is 5. The van der Waals surface area contributed by atoms with Crippen molar-refractivity contribution >= 4 is 57.4 Å². The molecule has 0 saturated carbocycles. The Labute approximate surface area is 817 Å². The number of halogens is 1. The minimum absolute atomic E-state index is 0.0246. The second kappa shape index (κ2) is 44.7. The standard InChI is InChI=1S/C25H24FNO2.2C25H25NO2.C25H25NO.C24H23NO2/c1-15-7-20(26)13-23(8-15)29-22-6-4-5-18(12-22)25-14-21(28)11-19-9-16(2)17(3)10-24(19)27-25;1-16-6-4-8-22(10-16)28-23-9-5-7-19(14-23)25-15-21(27)13-20-11-17(2)18(3)12-24(20)26-25;1-17-11-21-13-22(27)15-25(26-24(21)12-18(17)2)20-9-6-10-23(14-20)28-16-19-7-4-3-5-8-19;1-17-11-22-15-23(27)16-25(26-24(22)12-18(17)2)21-10-6-9-20(14-21)13-19-7-4-3-5-8-19;1-16-11-19-13-20(26)15-24(25-23(19)12-17(16)2)18-7-6-10-22(14-18)27-21-8-4-3-5-9-21/h4-10,12-13,25,27H,11,14H2,1-3H3;4-12,14,25-26H,13,15H2,1-3H3;3-12,14,25-26H,13,15-16H2,1-2H3;3-12,14,25-26H,13,15-16H2,1-2H3;3-12,14,24-25H,13,15H2,1-2H3. The Kier molecular flexibility index (Phi) is 31.2. The highest BCUT2D eigenvalue weighted by Crippen LogP contribution is 2.42. The average Bonchev–Trinajstić information content (AvgIpc) is 1.69. The summed E-state index contributed by atoms with van der Waals surface area (Å²) in [7, 11) is 0. The molecule has 20 rings (SSSR count). The number of hydrogen-bond acceptors (Lipinski definition) is 14. The lowest BCUT2D eigenvalue weighted by Gasteiger charge is -2.20. The third kappa shape index (κ3) is 26.1. The monoisotopic (exact) mass is 1840 g/mol. The lowest BCUT2D eigenvalue weighted by atomic mass is 9.96. The first-order chi connectivity index (χ1) is 67.1. The molecule has 0 saturated heterocycles. The van der Waals surface area contributed by atoms with Crippen LogP contribution in [-0.4, -0.2) is 28.9 Å². The normalized spacial score (nSPS) is 16.2. The van der Waals surface area contributed by atoms with E-state index in [-0.39, 0.29) is 59.2 Å². The Hall–Kier alpha value is -15.2. The van der Waals surface area contributed by atoms with Crippen molar-refractivity contribution in [1.29, 1.82) is 0 Å². The highest BCUT2D eigenvalue weighted by molar-refractivity contribution is 5.89. The van der Waals surface area contributed by atoms with E-state index in [1.54, 1.807) is 6.07 Å². The maximum Gasteiger partial charge on any atom is 0.139 e. The van der Waals surface area contributed by atoms with Crippen molar-refractivity contribution in [2.45, 2.75) is 191 Å². The van der Waals surface area contributed by atoms with E-state index in [1.165, 1.54) is 84.5 Å². The maximum absolute atomic E-state index is 13.7. The first kappa shape index (κ1) is 96.9. The van der Waals surface area contributed by atoms with Gasteiger partial charge in [-0.2, -0.15) is 0 Å². The smallest absolute Gasteiger partial charge is 0.139 e. The predicted molar refractivity (Wildman–Crippen MR) is 559 cm³/mol. The summed E-state index contributed by atoms with van der Waals surface area (Å²) in [5.41, 5.74) is 34.0. The number of aryl methyl sites for hydroxylation is 12. The number of Topliss-reactive ketones (excluding diaryl/α,β-unsaturated/α-hetero) is 5. The molecule has 0 bridgehead atoms. The Morgan fingerprint density at radius 2 is 0.504 bits per heavy atom. The molecular formula is C124H122FN5O9. The second-order valence-corrected chi connectivity index (χ2v) is 37.9. The summed E-state index contributed by atoms with van der Waals surface area (Å²) in [6.07, 6.45) is 5.70. The zero-order valence-corrected chi connectivity index (χ0v) is 81.4. The topological polar surface area (TPSA) is 182 Å². The molecule has 0 amide bonds. The zero-order chi connectivity index (χ0) is 97.3. The highest BCUT2D eigenvalue weighted by Gasteiger charge is 2.30. The molecule has 139 heavy (non-hydrogen) atoms. The molecule has 704 valence electrons. The number of carbonyl (C=O) groups is 5. The molecule has 15 aromatic carbocycles. The number of ether oxygens (including phenoxy) is 4. The molecule has 15 aromatic rings. The molecular weight excluding hydrogens is 1720 g/mol. The number of nitrogens with one attached hydrogen (secondary N) is 5. The third-order valence-electron chi connectivity index (χ3n) is 26.7. The number of para-hydroxylation sites is 1. The molecule has 0 aliphatic carbocycles. The van der Waals surface area contributed by atoms with Gasteiger partial charge in [0.25, 0.3) is 0 Å². The van der Waals surface area contributed by atoms with Crippen LogP contribution in [0, 0.1) is 88.9 Å². The lowest BCUT2D eigenvalue weighted by molar-refractivity contribution is -0.119. The molecule has 5 aliphatic heterocycles. The zero-order valence-electron chi connectivity index (χ0n) is 81.4. The van der Waals surface area contributed by atoms with Crippen molar-refractivity contribution in [2.24, 2.45) is 0 Å². The van der Waals surface area contributed by atoms with Gasteiger partial charge >= 0.3 is 0 Å². The SMILES string of the molecule is Cc1cc(F)cc(Oc2cccc(C3CC(=O)Cc4cc(C)c(C)cc4N3)c2)c1.Cc1cc2c(cc1C)NC(c1cccc(Cc3ccccc3)c1)CC(=O)C2.Cc1cc2c(cc1C)NC(c1cccc(OCc3ccccc3)c1)CC(=O)C2.Cc1cc2c(cc1C)NC(c1cccc(Oc3ccccc3)c1)CC(=O)C2.Cc1cccc(Oc2cccc(C3CC(=O)Cc4cc(C)c(C)cc4N3)c2)c1. The molecule has 0 spiro atoms. The quantitative estimate of drug-likeness (QED) is 0.0616. The fourth-order valence-corrected chi connectivity index (χ4v) is 18.6. The van der Waals surface area contributed by atoms with Gasteiger partial charge in [0.2, 0.25) is 0 Å². The minimum atomic E-state index is -0.325. The van der Waals surface area contributed by atoms with Crippen LogP contribution in [0.15, 0.2) is 315 Å². The maximum atomic E-state index is 13.7. The predicted octanol–water partition coefficient (Wildman–Crippen LogP) is 29.2. The van der Waals surface area contributed by atoms with Crippen molar-refractivity contribution in [2.75, 3.05) is 26.6 Å². The van der Waals surface area contributed by atoms with Crippen molar-refractivity contribution in [1.82, 2.24) is 0 Å². The summed E-state index contributed by atoms with van der Waals surface area (Å²) in [6.45, 7) is 25.4. The molecule has 14 nitrogen and oxygen atoms in total. The molecule has 5 heterocycles. The van der Waals surface area contributed by atoms with Gasteiger partial charge in [0, 0.05) is 98.7 Å². The van der Waals surface area contributed by atoms with E-state index in [2.05, 4.69) is 235 Å². The van der Waals surface area contributed by atoms with Crippen LogP contribution < -0.4 is 45.5 Å². The highest BCUT2D eigenvalue weighted by atomic mass is 19.1. The number of benzene rings is 15. The van der Waals surface area contributed by atoms with E-state index in [0.29, 0.717) is 88.1 Å². The summed E-state index contributed by atoms with van der Waals surface area (Å²) in [5, 5.41) is 18.0. The molecule has 5 N–H and O–H groups in total. The van der Waals surface area contributed by atoms with Crippen LogP contribution in [0.5, 0.6) is 40.2 Å². The van der Waals surface area contributed by atoms with Gasteiger partial charge in [0.05, 0.1) is 30.2 Å². The summed E-state index contributed by atoms with van der Waals surface area (Å²) in [4.78, 5) is 62.8. The number of fused-ring (bicyclic) bond motifs is 5. The molecule has 15 heteroatoms. The second-order valence-electron chi connectivity index (χ2n) is 37.9. The molecule has 5 aliphatic rings. The Morgan fingerprint density at radius 1 is 0.237 bits per heavy atom. The first-order valence-corrected chi connectivity index (χ1v) is 48.1. The van der Waals surface area contributed by atoms with Crippen molar-refractivity contribution < 1.29 is 47.3 Å². The lowest BCUT2D eigenvalue weighted by Crippen LogP contribution is -2.13. The van der Waals surface area contributed by atoms with E-state index < -0.39 is 0 Å². The van der Waals surface area contributed by atoms with Gasteiger partial charge < -0.3 is 45.5 Å². The molecule has 0 radical (unpaired) electrons. The largest absolute Gasteiger partial charge is 0.489 e. The Bertz CT molecular complexity index is 6830. The average molecular weight is 1850 g/mol. The number of ketones is 5. The van der Waals surface area contributed by atoms with Gasteiger partial charge in [-0.3, -0.25) is 24.0 Å². The van der Waals surface area contributed by atoms with Crippen LogP contribution in [0.1, 0.15) is 201 Å². The van der Waals surface area contributed by atoms with Gasteiger partial charge in [0.1, 0.15) is 81.6 Å². The van der Waals surface area contributed by atoms with Crippen LogP contribution in [0.4, 0.5) is 32.8 Å². The molecule has 5 atom stereocenters. The van der Waals surface area contributed by atoms with E-state index in [0.717, 1.165) is 130 Å². The van der Waals surface area contributed by atoms with Crippen LogP contribution in [0.3, 0.4) is 0 Å². The van der Waals surface area contributed by atoms with Crippen LogP contribution >= 0.6 is 0 Å². The Balaban J connectivity index is 0.000000125. The summed E-state index contributed by atoms with van der Waals surface area (Å²) < 4.78 is 37.5. The summed E-state index contributed by atoms with van der Waals surface area (Å²) in [5.74, 6) is 6.01. The van der Waals surface area contributed by atoms with Crippen LogP contribution in [0.25, 0.3) is 0 Å². The van der Waals surface area contributed by atoms with Crippen LogP contribution in [0.2, 0.25) is 0 Å². The van der Waals surface area contributed by atoms with Gasteiger partial charge in [-0.1, -0.05) is 194 Å². The molecule has 0 aromatic heterocycles. The summed E-state index contributed by atoms with van der Waals surface area (Å²) in [6, 6.07) is 104. The summed E-state index contributed by atoms with van der Waals surface area (Å²) >= 11 is 0. The van der Waals surface area contributed by atoms with Crippen LogP contribution in [-0.2, 0) is 69.1 Å². The fourth-order valence-electron chi connectivity index (χ4n) is 18.6.